The van der Waals surface area contributed by atoms with Crippen molar-refractivity contribution in [2.24, 2.45) is 0 Å². The quantitative estimate of drug-likeness (QED) is 0.271. The van der Waals surface area contributed by atoms with Crippen LogP contribution in [-0.4, -0.2) is 0 Å². The van der Waals surface area contributed by atoms with Gasteiger partial charge in [0.15, 0.2) is 0 Å². The van der Waals surface area contributed by atoms with Crippen LogP contribution in [-0.2, 0) is 44.9 Å². The van der Waals surface area contributed by atoms with Gasteiger partial charge in [0.1, 0.15) is 11.5 Å². The highest BCUT2D eigenvalue weighted by molar-refractivity contribution is 5.65. The summed E-state index contributed by atoms with van der Waals surface area (Å²) in [7, 11) is 0. The molecule has 2 aromatic carbocycles. The van der Waals surface area contributed by atoms with Gasteiger partial charge >= 0.3 is 0 Å². The SMILES string of the molecule is C=CCc1ccc2c(c1CC=C)Oc1c(CC=C)c(CC=C)c(CC=C)c(CC=C)c1C2. The van der Waals surface area contributed by atoms with Crippen molar-refractivity contribution in [2.45, 2.75) is 44.9 Å². The minimum atomic E-state index is 0.752. The Hall–Kier alpha value is -3.32. The number of fused-ring (bicyclic) bond motifs is 2. The second kappa shape index (κ2) is 10.8. The molecule has 0 N–H and O–H groups in total. The molecular formula is C31H34O. The topological polar surface area (TPSA) is 9.23 Å². The van der Waals surface area contributed by atoms with E-state index in [1.165, 1.54) is 44.5 Å². The van der Waals surface area contributed by atoms with E-state index >= 15 is 0 Å². The van der Waals surface area contributed by atoms with Gasteiger partial charge in [-0.15, -0.1) is 39.5 Å². The zero-order valence-electron chi connectivity index (χ0n) is 19.2. The Bertz CT molecular complexity index is 1080. The van der Waals surface area contributed by atoms with Crippen LogP contribution in [0, 0.1) is 0 Å². The maximum Gasteiger partial charge on any atom is 0.135 e. The lowest BCUT2D eigenvalue weighted by molar-refractivity contribution is 0.447. The van der Waals surface area contributed by atoms with Crippen molar-refractivity contribution in [3.63, 3.8) is 0 Å². The molecule has 0 saturated heterocycles. The summed E-state index contributed by atoms with van der Waals surface area (Å²) in [5.41, 5.74) is 10.1. The van der Waals surface area contributed by atoms with Crippen molar-refractivity contribution in [2.75, 3.05) is 0 Å². The Morgan fingerprint density at radius 2 is 1.06 bits per heavy atom. The highest BCUT2D eigenvalue weighted by Crippen LogP contribution is 2.46. The van der Waals surface area contributed by atoms with Gasteiger partial charge in [-0.3, -0.25) is 0 Å². The highest BCUT2D eigenvalue weighted by atomic mass is 16.5. The van der Waals surface area contributed by atoms with Gasteiger partial charge in [-0.1, -0.05) is 48.6 Å². The molecule has 0 aromatic heterocycles. The molecule has 0 saturated carbocycles. The third-order valence-electron chi connectivity index (χ3n) is 6.12. The van der Waals surface area contributed by atoms with E-state index in [0.717, 1.165) is 56.4 Å². The fourth-order valence-corrected chi connectivity index (χ4v) is 4.84. The first-order chi connectivity index (χ1) is 15.6. The summed E-state index contributed by atoms with van der Waals surface area (Å²) in [5.74, 6) is 1.97. The Labute approximate surface area is 193 Å². The highest BCUT2D eigenvalue weighted by Gasteiger charge is 2.29. The largest absolute Gasteiger partial charge is 0.456 e. The molecule has 0 atom stereocenters. The molecule has 0 aliphatic carbocycles. The molecule has 1 heterocycles. The molecule has 1 heteroatoms. The monoisotopic (exact) mass is 422 g/mol. The van der Waals surface area contributed by atoms with Crippen molar-refractivity contribution in [3.05, 3.63) is 133 Å². The number of ether oxygens (including phenoxy) is 1. The summed E-state index contributed by atoms with van der Waals surface area (Å²) in [5, 5.41) is 0. The number of hydrogen-bond acceptors (Lipinski definition) is 1. The smallest absolute Gasteiger partial charge is 0.135 e. The normalized spacial score (nSPS) is 11.5. The zero-order chi connectivity index (χ0) is 23.1. The minimum Gasteiger partial charge on any atom is -0.456 e. The van der Waals surface area contributed by atoms with Crippen molar-refractivity contribution in [1.82, 2.24) is 0 Å². The molecule has 0 unspecified atom stereocenters. The Morgan fingerprint density at radius 1 is 0.562 bits per heavy atom. The molecule has 0 radical (unpaired) electrons. The summed E-state index contributed by atoms with van der Waals surface area (Å²) in [4.78, 5) is 0. The molecule has 1 aliphatic heterocycles. The van der Waals surface area contributed by atoms with E-state index in [1.807, 2.05) is 36.5 Å². The molecule has 3 rings (SSSR count). The zero-order valence-corrected chi connectivity index (χ0v) is 19.2. The molecule has 1 nitrogen and oxygen atoms in total. The van der Waals surface area contributed by atoms with E-state index in [-0.39, 0.29) is 0 Å². The Balaban J connectivity index is 2.34. The first-order valence-electron chi connectivity index (χ1n) is 11.3. The molecule has 2 aromatic rings. The molecule has 0 amide bonds. The van der Waals surface area contributed by atoms with Crippen LogP contribution >= 0.6 is 0 Å². The Kier molecular flexibility index (Phi) is 7.89. The molecule has 164 valence electrons. The molecule has 32 heavy (non-hydrogen) atoms. The van der Waals surface area contributed by atoms with Gasteiger partial charge in [0.2, 0.25) is 0 Å². The van der Waals surface area contributed by atoms with E-state index < -0.39 is 0 Å². The van der Waals surface area contributed by atoms with E-state index in [0.29, 0.717) is 0 Å². The average Bonchev–Trinajstić information content (AvgIpc) is 2.79. The number of hydrogen-bond donors (Lipinski definition) is 0. The van der Waals surface area contributed by atoms with Crippen LogP contribution < -0.4 is 4.74 Å². The first-order valence-corrected chi connectivity index (χ1v) is 11.3. The van der Waals surface area contributed by atoms with Gasteiger partial charge < -0.3 is 4.74 Å². The maximum absolute atomic E-state index is 6.81. The van der Waals surface area contributed by atoms with Crippen LogP contribution in [0.1, 0.15) is 44.5 Å². The second-order valence-corrected chi connectivity index (χ2v) is 8.15. The van der Waals surface area contributed by atoms with Crippen LogP contribution in [0.4, 0.5) is 0 Å². The van der Waals surface area contributed by atoms with Crippen LogP contribution in [0.5, 0.6) is 11.5 Å². The lowest BCUT2D eigenvalue weighted by atomic mass is 9.81. The fourth-order valence-electron chi connectivity index (χ4n) is 4.84. The van der Waals surface area contributed by atoms with Gasteiger partial charge in [-0.05, 0) is 66.3 Å². The van der Waals surface area contributed by atoms with Crippen molar-refractivity contribution in [3.8, 4) is 11.5 Å². The third kappa shape index (κ3) is 4.34. The van der Waals surface area contributed by atoms with Gasteiger partial charge in [-0.25, -0.2) is 0 Å². The third-order valence-corrected chi connectivity index (χ3v) is 6.12. The van der Waals surface area contributed by atoms with Crippen molar-refractivity contribution >= 4 is 0 Å². The van der Waals surface area contributed by atoms with Crippen LogP contribution in [0.25, 0.3) is 0 Å². The van der Waals surface area contributed by atoms with E-state index in [4.69, 9.17) is 4.74 Å². The first kappa shape index (κ1) is 23.3. The minimum absolute atomic E-state index is 0.752. The summed E-state index contributed by atoms with van der Waals surface area (Å²) < 4.78 is 6.81. The summed E-state index contributed by atoms with van der Waals surface area (Å²) in [6, 6.07) is 4.42. The van der Waals surface area contributed by atoms with Crippen LogP contribution in [0.15, 0.2) is 88.1 Å². The van der Waals surface area contributed by atoms with Crippen LogP contribution in [0.3, 0.4) is 0 Å². The summed E-state index contributed by atoms with van der Waals surface area (Å²) >= 11 is 0. The van der Waals surface area contributed by atoms with Gasteiger partial charge in [0.05, 0.1) is 0 Å². The molecule has 1 aliphatic rings. The summed E-state index contributed by atoms with van der Waals surface area (Å²) in [6.07, 6.45) is 17.4. The lowest BCUT2D eigenvalue weighted by Gasteiger charge is -2.31. The van der Waals surface area contributed by atoms with Crippen molar-refractivity contribution < 1.29 is 4.74 Å². The van der Waals surface area contributed by atoms with Gasteiger partial charge in [0.25, 0.3) is 0 Å². The average molecular weight is 423 g/mol. The van der Waals surface area contributed by atoms with Crippen LogP contribution in [0.2, 0.25) is 0 Å². The molecule has 0 fully saturated rings. The number of allylic oxidation sites excluding steroid dienone is 6. The maximum atomic E-state index is 6.81. The van der Waals surface area contributed by atoms with E-state index in [1.54, 1.807) is 0 Å². The fraction of sp³-hybridized carbons (Fsp3) is 0.226. The predicted octanol–water partition coefficient (Wildman–Crippen LogP) is 7.75. The standard InChI is InChI=1S/C31H34O/c1-7-13-22-19-20-23-21-29-27(17-11-5)25(15-9-3)26(16-10-4)28(18-12-6)31(29)32-30(23)24(22)14-8-2/h7-12,19-20H,1-6,13-18,21H2. The van der Waals surface area contributed by atoms with E-state index in [2.05, 4.69) is 51.6 Å². The lowest BCUT2D eigenvalue weighted by Crippen LogP contribution is -2.16. The Morgan fingerprint density at radius 3 is 1.66 bits per heavy atom. The predicted molar refractivity (Wildman–Crippen MR) is 139 cm³/mol. The van der Waals surface area contributed by atoms with Crippen molar-refractivity contribution in [1.29, 1.82) is 0 Å². The number of rotatable bonds is 12. The van der Waals surface area contributed by atoms with Gasteiger partial charge in [0, 0.05) is 23.1 Å². The van der Waals surface area contributed by atoms with E-state index in [9.17, 15) is 0 Å². The second-order valence-electron chi connectivity index (χ2n) is 8.15. The molecule has 0 spiro atoms. The number of benzene rings is 2. The molecular weight excluding hydrogens is 388 g/mol. The van der Waals surface area contributed by atoms with Gasteiger partial charge in [-0.2, -0.15) is 0 Å². The summed E-state index contributed by atoms with van der Waals surface area (Å²) in [6.45, 7) is 24.0. The molecule has 0 bridgehead atoms.